The fraction of sp³-hybridized carbons (Fsp3) is 0.667. The summed E-state index contributed by atoms with van der Waals surface area (Å²) in [5.74, 6) is 0.417. The highest BCUT2D eigenvalue weighted by molar-refractivity contribution is 5.87. The molecule has 0 N–H and O–H groups in total. The Balaban J connectivity index is 2.58. The summed E-state index contributed by atoms with van der Waals surface area (Å²) in [6, 6.07) is 0. The van der Waals surface area contributed by atoms with Crippen LogP contribution in [0.25, 0.3) is 0 Å². The van der Waals surface area contributed by atoms with E-state index in [1.807, 2.05) is 19.9 Å². The molecule has 0 aromatic carbocycles. The molecule has 0 radical (unpaired) electrons. The van der Waals surface area contributed by atoms with E-state index in [2.05, 4.69) is 26.8 Å². The highest BCUT2D eigenvalue weighted by atomic mass is 16.5. The largest absolute Gasteiger partial charge is 0.463 e. The maximum Gasteiger partial charge on any atom is 0.333 e. The molecule has 0 spiro atoms. The number of carbonyl (C=O) groups excluding carboxylic acids is 1. The van der Waals surface area contributed by atoms with Crippen LogP contribution in [0.2, 0.25) is 0 Å². The topological polar surface area (TPSA) is 26.3 Å². The van der Waals surface area contributed by atoms with Crippen LogP contribution in [0.15, 0.2) is 23.3 Å². The van der Waals surface area contributed by atoms with Gasteiger partial charge >= 0.3 is 5.97 Å². The molecule has 0 saturated heterocycles. The van der Waals surface area contributed by atoms with Crippen LogP contribution in [0, 0.1) is 11.3 Å². The van der Waals surface area contributed by atoms with Crippen LogP contribution in [-0.4, -0.2) is 12.6 Å². The lowest BCUT2D eigenvalue weighted by Gasteiger charge is -2.29. The lowest BCUT2D eigenvalue weighted by molar-refractivity contribution is -0.138. The quantitative estimate of drug-likeness (QED) is 0.420. The van der Waals surface area contributed by atoms with Gasteiger partial charge < -0.3 is 4.74 Å². The Morgan fingerprint density at radius 2 is 2.24 bits per heavy atom. The number of allylic oxidation sites excluding steroid dienone is 3. The van der Waals surface area contributed by atoms with E-state index in [1.165, 1.54) is 5.57 Å². The zero-order valence-corrected chi connectivity index (χ0v) is 11.7. The second kappa shape index (κ2) is 5.52. The summed E-state index contributed by atoms with van der Waals surface area (Å²) in [6.07, 6.45) is 6.41. The first kappa shape index (κ1) is 14.0. The molecule has 2 heteroatoms. The van der Waals surface area contributed by atoms with Crippen LogP contribution in [0.5, 0.6) is 0 Å². The van der Waals surface area contributed by atoms with E-state index < -0.39 is 0 Å². The van der Waals surface area contributed by atoms with Gasteiger partial charge in [-0.25, -0.2) is 4.79 Å². The molecule has 1 atom stereocenters. The van der Waals surface area contributed by atoms with Gasteiger partial charge in [-0.3, -0.25) is 0 Å². The molecular weight excluding hydrogens is 212 g/mol. The lowest BCUT2D eigenvalue weighted by Crippen LogP contribution is -2.20. The molecule has 0 saturated carbocycles. The molecular formula is C15H24O2. The Morgan fingerprint density at radius 1 is 1.59 bits per heavy atom. The predicted molar refractivity (Wildman–Crippen MR) is 70.7 cm³/mol. The third kappa shape index (κ3) is 3.21. The van der Waals surface area contributed by atoms with E-state index >= 15 is 0 Å². The minimum atomic E-state index is -0.187. The molecule has 1 aliphatic carbocycles. The molecule has 0 fully saturated rings. The molecule has 96 valence electrons. The van der Waals surface area contributed by atoms with Crippen molar-refractivity contribution in [3.8, 4) is 0 Å². The number of hydrogen-bond acceptors (Lipinski definition) is 2. The van der Waals surface area contributed by atoms with Gasteiger partial charge in [0.15, 0.2) is 0 Å². The second-order valence-electron chi connectivity index (χ2n) is 5.38. The second-order valence-corrected chi connectivity index (χ2v) is 5.38. The highest BCUT2D eigenvalue weighted by Crippen LogP contribution is 2.44. The van der Waals surface area contributed by atoms with Crippen LogP contribution >= 0.6 is 0 Å². The number of carbonyl (C=O) groups is 1. The Hall–Kier alpha value is -1.05. The molecule has 0 aromatic heterocycles. The SMILES string of the molecule is CCOC(=O)C(C)=CCC1CC=C(C)C1(C)C. The van der Waals surface area contributed by atoms with Crippen molar-refractivity contribution in [3.05, 3.63) is 23.3 Å². The van der Waals surface area contributed by atoms with Gasteiger partial charge in [0.25, 0.3) is 0 Å². The fourth-order valence-corrected chi connectivity index (χ4v) is 2.24. The molecule has 2 nitrogen and oxygen atoms in total. The average molecular weight is 236 g/mol. The standard InChI is InChI=1S/C15H24O2/c1-6-17-14(16)11(2)7-9-13-10-8-12(3)15(13,4)5/h7-8,13H,6,9-10H2,1-5H3. The lowest BCUT2D eigenvalue weighted by atomic mass is 9.76. The number of ether oxygens (including phenoxy) is 1. The van der Waals surface area contributed by atoms with Crippen molar-refractivity contribution >= 4 is 5.97 Å². The molecule has 17 heavy (non-hydrogen) atoms. The van der Waals surface area contributed by atoms with Crippen LogP contribution in [0.1, 0.15) is 47.5 Å². The van der Waals surface area contributed by atoms with Crippen molar-refractivity contribution in [2.45, 2.75) is 47.5 Å². The average Bonchev–Trinajstić information content (AvgIpc) is 2.51. The first-order valence-electron chi connectivity index (χ1n) is 6.40. The monoisotopic (exact) mass is 236 g/mol. The smallest absolute Gasteiger partial charge is 0.333 e. The summed E-state index contributed by atoms with van der Waals surface area (Å²) in [4.78, 5) is 11.5. The molecule has 0 heterocycles. The summed E-state index contributed by atoms with van der Waals surface area (Å²) >= 11 is 0. The zero-order valence-electron chi connectivity index (χ0n) is 11.7. The van der Waals surface area contributed by atoms with Crippen molar-refractivity contribution in [1.29, 1.82) is 0 Å². The van der Waals surface area contributed by atoms with E-state index in [1.54, 1.807) is 0 Å². The van der Waals surface area contributed by atoms with Crippen molar-refractivity contribution in [2.75, 3.05) is 6.61 Å². The molecule has 0 aliphatic heterocycles. The molecule has 0 amide bonds. The summed E-state index contributed by atoms with van der Waals surface area (Å²) in [6.45, 7) is 10.9. The van der Waals surface area contributed by atoms with Crippen LogP contribution in [0.4, 0.5) is 0 Å². The van der Waals surface area contributed by atoms with Gasteiger partial charge in [0, 0.05) is 5.57 Å². The van der Waals surface area contributed by atoms with E-state index in [-0.39, 0.29) is 11.4 Å². The van der Waals surface area contributed by atoms with Crippen LogP contribution < -0.4 is 0 Å². The molecule has 0 bridgehead atoms. The van der Waals surface area contributed by atoms with E-state index in [4.69, 9.17) is 4.74 Å². The van der Waals surface area contributed by atoms with Crippen LogP contribution in [-0.2, 0) is 9.53 Å². The maximum absolute atomic E-state index is 11.5. The molecule has 1 rings (SSSR count). The van der Waals surface area contributed by atoms with Gasteiger partial charge in [0.05, 0.1) is 6.61 Å². The third-order valence-corrected chi connectivity index (χ3v) is 4.05. The first-order valence-corrected chi connectivity index (χ1v) is 6.40. The Kier molecular flexibility index (Phi) is 4.55. The van der Waals surface area contributed by atoms with Crippen molar-refractivity contribution < 1.29 is 9.53 Å². The van der Waals surface area contributed by atoms with Gasteiger partial charge in [-0.15, -0.1) is 0 Å². The minimum absolute atomic E-state index is 0.187. The zero-order chi connectivity index (χ0) is 13.1. The van der Waals surface area contributed by atoms with E-state index in [0.717, 1.165) is 18.4 Å². The Morgan fingerprint density at radius 3 is 2.71 bits per heavy atom. The fourth-order valence-electron chi connectivity index (χ4n) is 2.24. The predicted octanol–water partition coefficient (Wildman–Crippen LogP) is 3.88. The summed E-state index contributed by atoms with van der Waals surface area (Å²) in [5.41, 5.74) is 2.45. The summed E-state index contributed by atoms with van der Waals surface area (Å²) < 4.78 is 4.97. The molecule has 1 unspecified atom stereocenters. The van der Waals surface area contributed by atoms with E-state index in [9.17, 15) is 4.79 Å². The summed E-state index contributed by atoms with van der Waals surface area (Å²) in [5, 5.41) is 0. The number of esters is 1. The van der Waals surface area contributed by atoms with Crippen molar-refractivity contribution in [3.63, 3.8) is 0 Å². The first-order chi connectivity index (χ1) is 7.89. The van der Waals surface area contributed by atoms with Gasteiger partial charge in [0.1, 0.15) is 0 Å². The Labute approximate surface area is 105 Å². The van der Waals surface area contributed by atoms with Gasteiger partial charge in [-0.05, 0) is 44.9 Å². The Bertz CT molecular complexity index is 348. The number of rotatable bonds is 4. The summed E-state index contributed by atoms with van der Waals surface area (Å²) in [7, 11) is 0. The normalized spacial score (nSPS) is 23.5. The van der Waals surface area contributed by atoms with E-state index in [0.29, 0.717) is 12.5 Å². The van der Waals surface area contributed by atoms with Crippen molar-refractivity contribution in [1.82, 2.24) is 0 Å². The maximum atomic E-state index is 11.5. The van der Waals surface area contributed by atoms with Crippen molar-refractivity contribution in [2.24, 2.45) is 11.3 Å². The third-order valence-electron chi connectivity index (χ3n) is 4.05. The van der Waals surface area contributed by atoms with Gasteiger partial charge in [0.2, 0.25) is 0 Å². The van der Waals surface area contributed by atoms with Gasteiger partial charge in [-0.1, -0.05) is 31.6 Å². The highest BCUT2D eigenvalue weighted by Gasteiger charge is 2.33. The minimum Gasteiger partial charge on any atom is -0.463 e. The number of hydrogen-bond donors (Lipinski definition) is 0. The molecule has 1 aliphatic rings. The molecule has 0 aromatic rings. The van der Waals surface area contributed by atoms with Gasteiger partial charge in [-0.2, -0.15) is 0 Å². The van der Waals surface area contributed by atoms with Crippen LogP contribution in [0.3, 0.4) is 0 Å².